The molecule has 1 aromatic carbocycles. The van der Waals surface area contributed by atoms with Gasteiger partial charge < -0.3 is 0 Å². The monoisotopic (exact) mass is 161 g/mol. The Morgan fingerprint density at radius 2 is 2.00 bits per heavy atom. The first-order valence-electron chi connectivity index (χ1n) is 3.56. The smallest absolute Gasteiger partial charge is 0.123 e. The van der Waals surface area contributed by atoms with Crippen molar-refractivity contribution in [3.05, 3.63) is 41.7 Å². The molecule has 0 atom stereocenters. The van der Waals surface area contributed by atoms with Crippen molar-refractivity contribution < 1.29 is 4.39 Å². The molecule has 0 saturated heterocycles. The quantitative estimate of drug-likeness (QED) is 0.581. The van der Waals surface area contributed by atoms with Gasteiger partial charge in [-0.3, -0.25) is 0 Å². The summed E-state index contributed by atoms with van der Waals surface area (Å²) in [5, 5.41) is 8.35. The van der Waals surface area contributed by atoms with Gasteiger partial charge in [-0.05, 0) is 30.2 Å². The van der Waals surface area contributed by atoms with Crippen LogP contribution in [0.4, 0.5) is 4.39 Å². The van der Waals surface area contributed by atoms with Crippen molar-refractivity contribution in [1.82, 2.24) is 0 Å². The molecule has 0 fully saturated rings. The Morgan fingerprint density at radius 3 is 2.50 bits per heavy atom. The van der Waals surface area contributed by atoms with Crippen LogP contribution >= 0.6 is 0 Å². The van der Waals surface area contributed by atoms with Crippen molar-refractivity contribution in [2.24, 2.45) is 0 Å². The molecule has 1 aromatic rings. The molecular formula is C10H8FN. The Kier molecular flexibility index (Phi) is 2.60. The Balaban J connectivity index is 2.99. The summed E-state index contributed by atoms with van der Waals surface area (Å²) in [7, 11) is 0. The van der Waals surface area contributed by atoms with Gasteiger partial charge in [0.1, 0.15) is 5.82 Å². The third-order valence-corrected chi connectivity index (χ3v) is 1.58. The molecule has 1 nitrogen and oxygen atoms in total. The van der Waals surface area contributed by atoms with E-state index in [-0.39, 0.29) is 5.82 Å². The van der Waals surface area contributed by atoms with E-state index in [1.54, 1.807) is 12.1 Å². The Bertz CT molecular complexity index is 330. The van der Waals surface area contributed by atoms with Gasteiger partial charge >= 0.3 is 0 Å². The number of hydrogen-bond acceptors (Lipinski definition) is 1. The summed E-state index contributed by atoms with van der Waals surface area (Å²) in [5.74, 6) is -0.261. The van der Waals surface area contributed by atoms with Crippen LogP contribution in [-0.2, 0) is 0 Å². The van der Waals surface area contributed by atoms with Crippen LogP contribution in [0.15, 0.2) is 30.3 Å². The molecule has 0 radical (unpaired) electrons. The van der Waals surface area contributed by atoms with Crippen LogP contribution in [-0.4, -0.2) is 0 Å². The highest BCUT2D eigenvalue weighted by Gasteiger charge is 1.94. The van der Waals surface area contributed by atoms with E-state index < -0.39 is 0 Å². The fourth-order valence-corrected chi connectivity index (χ4v) is 0.893. The van der Waals surface area contributed by atoms with Gasteiger partial charge in [0, 0.05) is 6.08 Å². The van der Waals surface area contributed by atoms with Crippen molar-refractivity contribution in [3.8, 4) is 6.07 Å². The van der Waals surface area contributed by atoms with Crippen molar-refractivity contribution in [1.29, 1.82) is 5.26 Å². The molecule has 0 heterocycles. The van der Waals surface area contributed by atoms with Crippen LogP contribution in [0.2, 0.25) is 0 Å². The maximum Gasteiger partial charge on any atom is 0.123 e. The van der Waals surface area contributed by atoms with E-state index in [0.717, 1.165) is 11.1 Å². The zero-order valence-electron chi connectivity index (χ0n) is 6.71. The number of hydrogen-bond donors (Lipinski definition) is 0. The second-order valence-electron chi connectivity index (χ2n) is 2.46. The van der Waals surface area contributed by atoms with Gasteiger partial charge in [-0.1, -0.05) is 12.1 Å². The summed E-state index contributed by atoms with van der Waals surface area (Å²) in [6.07, 6.45) is 1.44. The Morgan fingerprint density at radius 1 is 1.42 bits per heavy atom. The lowest BCUT2D eigenvalue weighted by Crippen LogP contribution is -1.79. The predicted octanol–water partition coefficient (Wildman–Crippen LogP) is 2.75. The van der Waals surface area contributed by atoms with Crippen molar-refractivity contribution in [3.63, 3.8) is 0 Å². The number of allylic oxidation sites excluding steroid dienone is 2. The number of nitrogens with zero attached hydrogens (tertiary/aromatic N) is 1. The molecule has 0 bridgehead atoms. The molecule has 0 spiro atoms. The Labute approximate surface area is 70.8 Å². The fraction of sp³-hybridized carbons (Fsp3) is 0.100. The van der Waals surface area contributed by atoms with E-state index >= 15 is 0 Å². The molecule has 0 aliphatic carbocycles. The van der Waals surface area contributed by atoms with E-state index in [0.29, 0.717) is 0 Å². The second kappa shape index (κ2) is 3.68. The van der Waals surface area contributed by atoms with Crippen LogP contribution < -0.4 is 0 Å². The third kappa shape index (κ3) is 1.93. The van der Waals surface area contributed by atoms with Crippen LogP contribution in [0, 0.1) is 17.1 Å². The van der Waals surface area contributed by atoms with E-state index in [2.05, 4.69) is 0 Å². The van der Waals surface area contributed by atoms with Gasteiger partial charge in [-0.2, -0.15) is 5.26 Å². The van der Waals surface area contributed by atoms with Crippen LogP contribution in [0.1, 0.15) is 12.5 Å². The standard InChI is InChI=1S/C10H8FN/c1-8(6-7-12)9-2-4-10(11)5-3-9/h2-6H,1H3/b8-6+. The van der Waals surface area contributed by atoms with Gasteiger partial charge in [-0.25, -0.2) is 4.39 Å². The molecule has 0 aliphatic heterocycles. The zero-order chi connectivity index (χ0) is 8.97. The topological polar surface area (TPSA) is 23.8 Å². The van der Waals surface area contributed by atoms with E-state index in [1.165, 1.54) is 18.2 Å². The largest absolute Gasteiger partial charge is 0.207 e. The molecule has 0 aromatic heterocycles. The lowest BCUT2D eigenvalue weighted by Gasteiger charge is -1.97. The van der Waals surface area contributed by atoms with Gasteiger partial charge in [0.05, 0.1) is 6.07 Å². The van der Waals surface area contributed by atoms with E-state index in [4.69, 9.17) is 5.26 Å². The summed E-state index contributed by atoms with van der Waals surface area (Å²) in [4.78, 5) is 0. The van der Waals surface area contributed by atoms with Crippen molar-refractivity contribution in [2.75, 3.05) is 0 Å². The Hall–Kier alpha value is -1.62. The fourth-order valence-electron chi connectivity index (χ4n) is 0.893. The third-order valence-electron chi connectivity index (χ3n) is 1.58. The SMILES string of the molecule is C/C(=C\C#N)c1ccc(F)cc1. The number of rotatable bonds is 1. The molecular weight excluding hydrogens is 153 g/mol. The number of halogens is 1. The first kappa shape index (κ1) is 8.48. The van der Waals surface area contributed by atoms with Gasteiger partial charge in [-0.15, -0.1) is 0 Å². The highest BCUT2D eigenvalue weighted by molar-refractivity contribution is 5.65. The van der Waals surface area contributed by atoms with Gasteiger partial charge in [0.2, 0.25) is 0 Å². The zero-order valence-corrected chi connectivity index (χ0v) is 6.71. The van der Waals surface area contributed by atoms with E-state index in [9.17, 15) is 4.39 Å². The van der Waals surface area contributed by atoms with Crippen molar-refractivity contribution >= 4 is 5.57 Å². The minimum absolute atomic E-state index is 0.261. The summed E-state index contributed by atoms with van der Waals surface area (Å²) in [6.45, 7) is 1.82. The maximum atomic E-state index is 12.5. The highest BCUT2D eigenvalue weighted by Crippen LogP contribution is 2.13. The summed E-state index contributed by atoms with van der Waals surface area (Å²) in [6, 6.07) is 7.99. The van der Waals surface area contributed by atoms with Crippen LogP contribution in [0.5, 0.6) is 0 Å². The first-order chi connectivity index (χ1) is 5.74. The maximum absolute atomic E-state index is 12.5. The second-order valence-corrected chi connectivity index (χ2v) is 2.46. The van der Waals surface area contributed by atoms with Crippen LogP contribution in [0.3, 0.4) is 0 Å². The lowest BCUT2D eigenvalue weighted by molar-refractivity contribution is 0.627. The van der Waals surface area contributed by atoms with Crippen LogP contribution in [0.25, 0.3) is 5.57 Å². The molecule has 0 saturated carbocycles. The number of nitriles is 1. The first-order valence-corrected chi connectivity index (χ1v) is 3.56. The molecule has 1 rings (SSSR count). The summed E-state index contributed by atoms with van der Waals surface area (Å²) >= 11 is 0. The average Bonchev–Trinajstić information content (AvgIpc) is 2.06. The molecule has 60 valence electrons. The summed E-state index contributed by atoms with van der Waals surface area (Å²) in [5.41, 5.74) is 1.72. The minimum Gasteiger partial charge on any atom is -0.207 e. The lowest BCUT2D eigenvalue weighted by atomic mass is 10.1. The molecule has 0 aliphatic rings. The van der Waals surface area contributed by atoms with Gasteiger partial charge in [0.25, 0.3) is 0 Å². The number of benzene rings is 1. The highest BCUT2D eigenvalue weighted by atomic mass is 19.1. The van der Waals surface area contributed by atoms with Gasteiger partial charge in [0.15, 0.2) is 0 Å². The molecule has 2 heteroatoms. The summed E-state index contributed by atoms with van der Waals surface area (Å²) < 4.78 is 12.5. The predicted molar refractivity (Wildman–Crippen MR) is 45.7 cm³/mol. The molecule has 12 heavy (non-hydrogen) atoms. The van der Waals surface area contributed by atoms with Crippen molar-refractivity contribution in [2.45, 2.75) is 6.92 Å². The molecule has 0 amide bonds. The average molecular weight is 161 g/mol. The van der Waals surface area contributed by atoms with E-state index in [1.807, 2.05) is 13.0 Å². The molecule has 0 unspecified atom stereocenters. The minimum atomic E-state index is -0.261. The normalized spacial score (nSPS) is 10.9. The molecule has 0 N–H and O–H groups in total.